The lowest BCUT2D eigenvalue weighted by molar-refractivity contribution is -0.221. The van der Waals surface area contributed by atoms with Gasteiger partial charge in [-0.05, 0) is 85.9 Å². The van der Waals surface area contributed by atoms with E-state index in [0.717, 1.165) is 6.08 Å². The summed E-state index contributed by atoms with van der Waals surface area (Å²) in [5, 5.41) is 10.2. The van der Waals surface area contributed by atoms with E-state index in [1.54, 1.807) is 13.8 Å². The van der Waals surface area contributed by atoms with Crippen LogP contribution >= 0.6 is 11.8 Å². The highest BCUT2D eigenvalue weighted by Crippen LogP contribution is 2.72. The lowest BCUT2D eigenvalue weighted by atomic mass is 9.44. The Morgan fingerprint density at radius 2 is 1.74 bits per heavy atom. The number of aliphatic hydroxyl groups excluding tert-OH is 1. The fourth-order valence-corrected chi connectivity index (χ4v) is 9.43. The molecule has 2 aromatic heterocycles. The summed E-state index contributed by atoms with van der Waals surface area (Å²) in [5.41, 5.74) is -7.44. The van der Waals surface area contributed by atoms with Crippen molar-refractivity contribution in [1.29, 1.82) is 0 Å². The van der Waals surface area contributed by atoms with E-state index < -0.39 is 74.1 Å². The molecule has 3 saturated carbocycles. The molecule has 222 valence electrons. The van der Waals surface area contributed by atoms with E-state index in [0.29, 0.717) is 11.8 Å². The predicted octanol–water partition coefficient (Wildman–Crippen LogP) is 5.43. The molecule has 4 aliphatic rings. The zero-order valence-corrected chi connectivity index (χ0v) is 24.0. The number of fused-ring (bicyclic) bond motifs is 5. The van der Waals surface area contributed by atoms with Crippen LogP contribution in [0.15, 0.2) is 69.4 Å². The second-order valence-electron chi connectivity index (χ2n) is 12.3. The van der Waals surface area contributed by atoms with Gasteiger partial charge in [-0.3, -0.25) is 14.4 Å². The first-order valence-electron chi connectivity index (χ1n) is 13.8. The second-order valence-corrected chi connectivity index (χ2v) is 13.2. The van der Waals surface area contributed by atoms with Crippen LogP contribution in [-0.2, 0) is 14.3 Å². The highest BCUT2D eigenvalue weighted by Gasteiger charge is 2.78. The number of alkyl halides is 2. The Labute approximate surface area is 244 Å². The summed E-state index contributed by atoms with van der Waals surface area (Å²) in [6.07, 6.45) is 2.26. The van der Waals surface area contributed by atoms with Crippen LogP contribution in [0.3, 0.4) is 0 Å². The molecule has 1 N–H and O–H groups in total. The molecule has 0 radical (unpaired) electrons. The van der Waals surface area contributed by atoms with Gasteiger partial charge in [0, 0.05) is 22.7 Å². The number of esters is 1. The molecule has 9 atom stereocenters. The van der Waals surface area contributed by atoms with E-state index in [-0.39, 0.29) is 36.4 Å². The van der Waals surface area contributed by atoms with Crippen LogP contribution in [0.5, 0.6) is 0 Å². The number of halogens is 2. The number of hydrogen-bond acceptors (Lipinski definition) is 9. The van der Waals surface area contributed by atoms with Crippen molar-refractivity contribution < 1.29 is 46.6 Å². The maximum absolute atomic E-state index is 17.6. The van der Waals surface area contributed by atoms with Crippen LogP contribution in [0.25, 0.3) is 0 Å². The third-order valence-corrected chi connectivity index (χ3v) is 11.2. The quantitative estimate of drug-likeness (QED) is 0.457. The maximum atomic E-state index is 17.6. The predicted molar refractivity (Wildman–Crippen MR) is 146 cm³/mol. The summed E-state index contributed by atoms with van der Waals surface area (Å²) in [6.45, 7) is 4.79. The number of rotatable bonds is 4. The van der Waals surface area contributed by atoms with Gasteiger partial charge in [0.25, 0.3) is 5.12 Å². The first-order valence-corrected chi connectivity index (χ1v) is 14.6. The van der Waals surface area contributed by atoms with Gasteiger partial charge < -0.3 is 18.7 Å². The molecule has 0 amide bonds. The van der Waals surface area contributed by atoms with Crippen molar-refractivity contribution in [2.24, 2.45) is 28.6 Å². The number of furan rings is 2. The molecule has 2 aromatic rings. The van der Waals surface area contributed by atoms with Crippen molar-refractivity contribution in [3.8, 4) is 0 Å². The summed E-state index contributed by atoms with van der Waals surface area (Å²) in [5.74, 6) is -4.28. The molecule has 0 saturated heterocycles. The topological polar surface area (TPSA) is 124 Å². The summed E-state index contributed by atoms with van der Waals surface area (Å²) in [7, 11) is 0. The van der Waals surface area contributed by atoms with Gasteiger partial charge in [0.1, 0.15) is 6.17 Å². The molecule has 2 heterocycles. The lowest BCUT2D eigenvalue weighted by Gasteiger charge is -2.63. The minimum absolute atomic E-state index is 0.0198. The molecule has 8 nitrogen and oxygen atoms in total. The number of carbonyl (C=O) groups is 4. The number of carbonyl (C=O) groups excluding carboxylic acids is 4. The Bertz CT molecular complexity index is 1510. The summed E-state index contributed by atoms with van der Waals surface area (Å²) in [6, 6.07) is 5.73. The smallest absolute Gasteiger partial charge is 0.375 e. The second kappa shape index (κ2) is 9.60. The summed E-state index contributed by atoms with van der Waals surface area (Å²) in [4.78, 5) is 52.8. The average molecular weight is 601 g/mol. The lowest BCUT2D eigenvalue weighted by Crippen LogP contribution is -2.70. The molecule has 3 fully saturated rings. The SMILES string of the molecule is CC1CC2C3C[C@H](F)C4=CC(=O)C=C[C@]4(C)[C@@]3(F)[C@@H](O)C[C@]2(C)[C@@]1(OC(=O)c1ccco1)C(=O)SC(=O)c1ccco1. The standard InChI is InChI=1S/C31H30F2O8S/c1-16-12-18-19-14-21(32)20-13-17(34)8-9-28(20,2)30(19,33)24(35)15-29(18,3)31(16,41-25(36)22-6-4-10-39-22)27(38)42-26(37)23-7-5-11-40-23/h4-11,13,16,18-19,21,24,35H,12,14-15H2,1-3H3/t16?,18?,19?,21-,24-,28-,29-,30-,31-/m0/s1. The minimum Gasteiger partial charge on any atom is -0.460 e. The molecule has 42 heavy (non-hydrogen) atoms. The molecule has 4 aliphatic carbocycles. The largest absolute Gasteiger partial charge is 0.460 e. The highest BCUT2D eigenvalue weighted by molar-refractivity contribution is 8.26. The normalized spacial score (nSPS) is 40.5. The highest BCUT2D eigenvalue weighted by atomic mass is 32.2. The van der Waals surface area contributed by atoms with Gasteiger partial charge in [-0.2, -0.15) is 0 Å². The van der Waals surface area contributed by atoms with Crippen LogP contribution in [0.1, 0.15) is 61.1 Å². The van der Waals surface area contributed by atoms with Crippen molar-refractivity contribution in [3.05, 3.63) is 72.1 Å². The van der Waals surface area contributed by atoms with E-state index in [1.807, 2.05) is 0 Å². The fraction of sp³-hybridized carbons (Fsp3) is 0.484. The monoisotopic (exact) mass is 600 g/mol. The number of aliphatic hydroxyl groups is 1. The maximum Gasteiger partial charge on any atom is 0.375 e. The Hall–Kier alpha value is -3.31. The zero-order chi connectivity index (χ0) is 30.2. The zero-order valence-electron chi connectivity index (χ0n) is 23.2. The number of ketones is 1. The van der Waals surface area contributed by atoms with E-state index >= 15 is 8.78 Å². The number of thioether (sulfide) groups is 1. The van der Waals surface area contributed by atoms with Crippen LogP contribution in [0.2, 0.25) is 0 Å². The van der Waals surface area contributed by atoms with Crippen molar-refractivity contribution in [2.75, 3.05) is 0 Å². The van der Waals surface area contributed by atoms with Gasteiger partial charge in [0.05, 0.1) is 18.6 Å². The first-order chi connectivity index (χ1) is 19.8. The van der Waals surface area contributed by atoms with Crippen LogP contribution in [-0.4, -0.2) is 50.6 Å². The molecule has 0 spiro atoms. The van der Waals surface area contributed by atoms with Gasteiger partial charge in [0.15, 0.2) is 22.8 Å². The van der Waals surface area contributed by atoms with Crippen molar-refractivity contribution in [2.45, 2.75) is 63.6 Å². The molecular formula is C31H30F2O8S. The molecule has 0 bridgehead atoms. The van der Waals surface area contributed by atoms with Crippen molar-refractivity contribution in [3.63, 3.8) is 0 Å². The molecular weight excluding hydrogens is 570 g/mol. The Morgan fingerprint density at radius 3 is 2.38 bits per heavy atom. The average Bonchev–Trinajstić information content (AvgIpc) is 3.70. The van der Waals surface area contributed by atoms with Gasteiger partial charge in [0.2, 0.25) is 10.9 Å². The van der Waals surface area contributed by atoms with Crippen LogP contribution in [0, 0.1) is 28.6 Å². The Morgan fingerprint density at radius 1 is 1.07 bits per heavy atom. The third-order valence-electron chi connectivity index (χ3n) is 10.4. The van der Waals surface area contributed by atoms with E-state index in [4.69, 9.17) is 13.6 Å². The number of hydrogen-bond donors (Lipinski definition) is 1. The number of allylic oxidation sites excluding steroid dienone is 4. The molecule has 11 heteroatoms. The third kappa shape index (κ3) is 3.68. The van der Waals surface area contributed by atoms with Gasteiger partial charge in [-0.25, -0.2) is 13.6 Å². The Kier molecular flexibility index (Phi) is 6.58. The molecule has 6 rings (SSSR count). The Balaban J connectivity index is 1.46. The van der Waals surface area contributed by atoms with E-state index in [1.165, 1.54) is 55.9 Å². The molecule has 0 aromatic carbocycles. The molecule has 0 aliphatic heterocycles. The minimum atomic E-state index is -2.39. The van der Waals surface area contributed by atoms with Crippen LogP contribution in [0.4, 0.5) is 8.78 Å². The van der Waals surface area contributed by atoms with E-state index in [2.05, 4.69) is 0 Å². The van der Waals surface area contributed by atoms with E-state index in [9.17, 15) is 24.3 Å². The molecule has 3 unspecified atom stereocenters. The van der Waals surface area contributed by atoms with Gasteiger partial charge in [-0.1, -0.05) is 19.9 Å². The fourth-order valence-electron chi connectivity index (χ4n) is 8.41. The van der Waals surface area contributed by atoms with Crippen LogP contribution < -0.4 is 0 Å². The number of ether oxygens (including phenoxy) is 1. The van der Waals surface area contributed by atoms with Gasteiger partial charge >= 0.3 is 5.97 Å². The van der Waals surface area contributed by atoms with Crippen molar-refractivity contribution >= 4 is 33.7 Å². The summed E-state index contributed by atoms with van der Waals surface area (Å²) >= 11 is 0.312. The van der Waals surface area contributed by atoms with Gasteiger partial charge in [-0.15, -0.1) is 0 Å². The first kappa shape index (κ1) is 28.8. The van der Waals surface area contributed by atoms with Crippen molar-refractivity contribution in [1.82, 2.24) is 0 Å². The summed E-state index contributed by atoms with van der Waals surface area (Å²) < 4.78 is 49.9.